The van der Waals surface area contributed by atoms with Crippen molar-refractivity contribution >= 4 is 65.3 Å². The summed E-state index contributed by atoms with van der Waals surface area (Å²) in [4.78, 5) is 41.0. The van der Waals surface area contributed by atoms with E-state index in [1.54, 1.807) is 6.07 Å². The molecule has 14 heteroatoms. The van der Waals surface area contributed by atoms with Gasteiger partial charge in [0, 0.05) is 27.8 Å². The van der Waals surface area contributed by atoms with Gasteiger partial charge in [-0.1, -0.05) is 42.5 Å². The van der Waals surface area contributed by atoms with Crippen molar-refractivity contribution < 1.29 is 13.0 Å². The number of H-pyrrole nitrogens is 5. The molecule has 0 saturated heterocycles. The summed E-state index contributed by atoms with van der Waals surface area (Å²) in [6, 6.07) is 42.9. The van der Waals surface area contributed by atoms with Crippen LogP contribution in [0.25, 0.3) is 123 Å². The number of aromatic amines is 5. The highest BCUT2D eigenvalue weighted by molar-refractivity contribution is 7.85. The Bertz CT molecular complexity index is 3950. The van der Waals surface area contributed by atoms with Gasteiger partial charge in [-0.2, -0.15) is 8.42 Å². The fraction of sp³-hybridized carbons (Fsp3) is 0.0408. The van der Waals surface area contributed by atoms with Crippen LogP contribution in [0.4, 0.5) is 0 Å². The van der Waals surface area contributed by atoms with Crippen LogP contribution in [0.2, 0.25) is 0 Å². The highest BCUT2D eigenvalue weighted by atomic mass is 32.2. The molecule has 304 valence electrons. The summed E-state index contributed by atoms with van der Waals surface area (Å²) in [5.41, 5.74) is 16.2. The van der Waals surface area contributed by atoms with Gasteiger partial charge in [-0.25, -0.2) is 24.9 Å². The lowest BCUT2D eigenvalue weighted by Gasteiger charge is -2.05. The van der Waals surface area contributed by atoms with E-state index in [1.165, 1.54) is 12.1 Å². The van der Waals surface area contributed by atoms with Gasteiger partial charge in [-0.3, -0.25) is 4.55 Å². The summed E-state index contributed by atoms with van der Waals surface area (Å²) in [5.74, 6) is 3.13. The van der Waals surface area contributed by atoms with E-state index >= 15 is 0 Å². The van der Waals surface area contributed by atoms with Gasteiger partial charge in [0.2, 0.25) is 0 Å². The lowest BCUT2D eigenvalue weighted by atomic mass is 10.0. The molecule has 0 unspecified atom stereocenters. The summed E-state index contributed by atoms with van der Waals surface area (Å²) >= 11 is 0. The zero-order chi connectivity index (χ0) is 42.6. The molecule has 0 aliphatic carbocycles. The number of hydrogen-bond acceptors (Lipinski definition) is 7. The van der Waals surface area contributed by atoms with Crippen LogP contribution < -0.4 is 0 Å². The number of fused-ring (bicyclic) bond motifs is 5. The molecule has 0 bridgehead atoms. The van der Waals surface area contributed by atoms with Crippen LogP contribution >= 0.6 is 0 Å². The SMILES string of the molecule is Cc1ccc2[nH]c(-c3cccc(-c4nc5cc(-c6ccc7[nH]c(-c8cc(-c9nc%10cc(-c%11nc%12ccc(C)cc%12[nH]%11)ccc%10[nH]9)cc(S(=O)(=O)O)c8)nc7c6)ccc5[nH]4)c3)nc2c1. The highest BCUT2D eigenvalue weighted by Crippen LogP contribution is 2.34. The highest BCUT2D eigenvalue weighted by Gasteiger charge is 2.19. The lowest BCUT2D eigenvalue weighted by Crippen LogP contribution is -1.99. The third-order valence-corrected chi connectivity index (χ3v) is 12.3. The van der Waals surface area contributed by atoms with Gasteiger partial charge in [0.15, 0.2) is 0 Å². The normalized spacial score (nSPS) is 12.2. The van der Waals surface area contributed by atoms with E-state index in [0.29, 0.717) is 39.6 Å². The van der Waals surface area contributed by atoms with Gasteiger partial charge < -0.3 is 24.9 Å². The van der Waals surface area contributed by atoms with Crippen molar-refractivity contribution in [3.05, 3.63) is 145 Å². The van der Waals surface area contributed by atoms with Crippen molar-refractivity contribution in [3.63, 3.8) is 0 Å². The molecule has 13 nitrogen and oxygen atoms in total. The maximum atomic E-state index is 12.6. The first kappa shape index (κ1) is 36.6. The van der Waals surface area contributed by atoms with Gasteiger partial charge >= 0.3 is 0 Å². The fourth-order valence-corrected chi connectivity index (χ4v) is 8.83. The molecule has 0 aliphatic heterocycles. The number of benzene rings is 7. The van der Waals surface area contributed by atoms with Gasteiger partial charge in [-0.15, -0.1) is 0 Å². The van der Waals surface area contributed by atoms with Crippen molar-refractivity contribution in [1.82, 2.24) is 49.8 Å². The number of nitrogens with zero attached hydrogens (tertiary/aromatic N) is 5. The van der Waals surface area contributed by atoms with Gasteiger partial charge in [0.05, 0.1) is 60.1 Å². The standard InChI is InChI=1S/C49H34N10O3S/c1-25-6-11-35-40(16-25)55-45(50-35)29-4-3-5-30(18-29)46-52-37-13-8-27(22-42(37)57-46)28-9-14-38-43(23-28)58-48(53-38)32-19-33(21-34(20-32)63(60,61)62)49-54-39-15-10-31(24-44(39)59-49)47-51-36-12-7-26(2)17-41(36)56-47/h3-24H,1-2H3,(H,50,55)(H,51,56)(H,52,57)(H,53,58)(H,54,59)(H,60,61,62). The lowest BCUT2D eigenvalue weighted by molar-refractivity contribution is 0.483. The zero-order valence-electron chi connectivity index (χ0n) is 33.6. The molecule has 0 saturated carbocycles. The molecule has 63 heavy (non-hydrogen) atoms. The first-order chi connectivity index (χ1) is 30.5. The Morgan fingerprint density at radius 3 is 1.29 bits per heavy atom. The number of rotatable bonds is 7. The van der Waals surface area contributed by atoms with Crippen LogP contribution in [0.1, 0.15) is 11.1 Å². The van der Waals surface area contributed by atoms with E-state index in [-0.39, 0.29) is 4.90 Å². The Morgan fingerprint density at radius 1 is 0.365 bits per heavy atom. The Hall–Kier alpha value is -8.20. The van der Waals surface area contributed by atoms with Crippen LogP contribution in [0, 0.1) is 13.8 Å². The number of aryl methyl sites for hydroxylation is 2. The monoisotopic (exact) mass is 842 g/mol. The molecule has 0 atom stereocenters. The van der Waals surface area contributed by atoms with Crippen LogP contribution in [0.15, 0.2) is 138 Å². The van der Waals surface area contributed by atoms with Gasteiger partial charge in [0.25, 0.3) is 10.1 Å². The smallest absolute Gasteiger partial charge is 0.294 e. The number of hydrogen-bond donors (Lipinski definition) is 6. The quantitative estimate of drug-likeness (QED) is 0.0852. The summed E-state index contributed by atoms with van der Waals surface area (Å²) in [6.45, 7) is 4.10. The molecule has 5 heterocycles. The molecule has 5 aromatic heterocycles. The molecule has 0 spiro atoms. The Labute approximate surface area is 358 Å². The first-order valence-corrected chi connectivity index (χ1v) is 21.6. The van der Waals surface area contributed by atoms with Crippen molar-refractivity contribution in [3.8, 4) is 68.1 Å². The largest absolute Gasteiger partial charge is 0.338 e. The molecular weight excluding hydrogens is 809 g/mol. The second-order valence-corrected chi connectivity index (χ2v) is 17.4. The van der Waals surface area contributed by atoms with E-state index in [4.69, 9.17) is 24.9 Å². The third kappa shape index (κ3) is 6.52. The van der Waals surface area contributed by atoms with E-state index in [0.717, 1.165) is 94.7 Å². The fourth-order valence-electron chi connectivity index (χ4n) is 8.28. The molecule has 0 amide bonds. The second kappa shape index (κ2) is 13.7. The second-order valence-electron chi connectivity index (χ2n) is 16.0. The van der Waals surface area contributed by atoms with Crippen molar-refractivity contribution in [2.45, 2.75) is 18.7 Å². The van der Waals surface area contributed by atoms with E-state index in [9.17, 15) is 13.0 Å². The molecule has 7 aromatic carbocycles. The summed E-state index contributed by atoms with van der Waals surface area (Å²) < 4.78 is 35.4. The van der Waals surface area contributed by atoms with Gasteiger partial charge in [-0.05, 0) is 127 Å². The number of imidazole rings is 5. The summed E-state index contributed by atoms with van der Waals surface area (Å²) in [5, 5.41) is 0. The Morgan fingerprint density at radius 2 is 0.746 bits per heavy atom. The van der Waals surface area contributed by atoms with E-state index in [1.807, 2.05) is 91.9 Å². The van der Waals surface area contributed by atoms with Crippen molar-refractivity contribution in [2.75, 3.05) is 0 Å². The van der Waals surface area contributed by atoms with Gasteiger partial charge in [0.1, 0.15) is 29.1 Å². The minimum Gasteiger partial charge on any atom is -0.338 e. The van der Waals surface area contributed by atoms with Crippen molar-refractivity contribution in [2.24, 2.45) is 0 Å². The Kier molecular flexibility index (Phi) is 7.94. The first-order valence-electron chi connectivity index (χ1n) is 20.2. The van der Waals surface area contributed by atoms with Crippen LogP contribution in [-0.2, 0) is 10.1 Å². The summed E-state index contributed by atoms with van der Waals surface area (Å²) in [6.07, 6.45) is 0. The predicted octanol–water partition coefficient (Wildman–Crippen LogP) is 10.9. The molecular formula is C49H34N10O3S. The Balaban J connectivity index is 0.853. The van der Waals surface area contributed by atoms with Crippen LogP contribution in [0.5, 0.6) is 0 Å². The van der Waals surface area contributed by atoms with E-state index < -0.39 is 10.1 Å². The van der Waals surface area contributed by atoms with Crippen molar-refractivity contribution in [1.29, 1.82) is 0 Å². The predicted molar refractivity (Wildman–Crippen MR) is 247 cm³/mol. The minimum absolute atomic E-state index is 0.280. The maximum Gasteiger partial charge on any atom is 0.294 e. The molecule has 0 fully saturated rings. The molecule has 0 aliphatic rings. The minimum atomic E-state index is -4.59. The van der Waals surface area contributed by atoms with Crippen LogP contribution in [-0.4, -0.2) is 62.8 Å². The number of nitrogens with one attached hydrogen (secondary N) is 5. The average Bonchev–Trinajstić information content (AvgIpc) is 4.13. The average molecular weight is 843 g/mol. The summed E-state index contributed by atoms with van der Waals surface area (Å²) in [7, 11) is -4.59. The van der Waals surface area contributed by atoms with E-state index in [2.05, 4.69) is 62.2 Å². The molecule has 6 N–H and O–H groups in total. The zero-order valence-corrected chi connectivity index (χ0v) is 34.4. The maximum absolute atomic E-state index is 12.6. The van der Waals surface area contributed by atoms with Crippen LogP contribution in [0.3, 0.4) is 0 Å². The topological polar surface area (TPSA) is 198 Å². The third-order valence-electron chi connectivity index (χ3n) is 11.5. The number of aromatic nitrogens is 10. The molecule has 12 aromatic rings. The molecule has 12 rings (SSSR count). The molecule has 0 radical (unpaired) electrons.